The molecule has 1 rings (SSSR count). The largest absolute Gasteiger partial charge is 0.395 e. The second-order valence-corrected chi connectivity index (χ2v) is 6.63. The Hall–Kier alpha value is -0.420. The smallest absolute Gasteiger partial charge is 0.315 e. The van der Waals surface area contributed by atoms with Crippen molar-refractivity contribution in [2.24, 2.45) is 5.92 Å². The summed E-state index contributed by atoms with van der Waals surface area (Å²) in [6, 6.07) is 0.0889. The lowest BCUT2D eigenvalue weighted by Gasteiger charge is -2.29. The van der Waals surface area contributed by atoms with E-state index < -0.39 is 0 Å². The maximum Gasteiger partial charge on any atom is 0.315 e. The summed E-state index contributed by atoms with van der Waals surface area (Å²) in [6.45, 7) is 4.11. The number of nitrogens with one attached hydrogen (secondary N) is 2. The number of hydrogen-bond donors (Lipinski definition) is 3. The molecule has 0 aromatic heterocycles. The van der Waals surface area contributed by atoms with Crippen LogP contribution in [0.2, 0.25) is 0 Å². The highest BCUT2D eigenvalue weighted by molar-refractivity contribution is 7.99. The quantitative estimate of drug-likeness (QED) is 0.703. The number of urea groups is 1. The van der Waals surface area contributed by atoms with E-state index in [0.29, 0.717) is 5.92 Å². The molecule has 0 saturated heterocycles. The van der Waals surface area contributed by atoms with Crippen LogP contribution < -0.4 is 10.6 Å². The number of aliphatic hydroxyl groups is 1. The van der Waals surface area contributed by atoms with Gasteiger partial charge in [-0.05, 0) is 38.9 Å². The second-order valence-electron chi connectivity index (χ2n) is 5.55. The fourth-order valence-corrected chi connectivity index (χ4v) is 3.36. The van der Waals surface area contributed by atoms with Gasteiger partial charge in [0.2, 0.25) is 0 Å². The Morgan fingerprint density at radius 2 is 1.89 bits per heavy atom. The van der Waals surface area contributed by atoms with Crippen molar-refractivity contribution in [2.75, 3.05) is 12.9 Å². The fraction of sp³-hybridized carbons (Fsp3) is 0.929. The Morgan fingerprint density at radius 1 is 1.26 bits per heavy atom. The minimum Gasteiger partial charge on any atom is -0.395 e. The number of carbonyl (C=O) groups excluding carboxylic acids is 1. The van der Waals surface area contributed by atoms with Crippen LogP contribution in [0, 0.1) is 5.92 Å². The maximum absolute atomic E-state index is 11.9. The highest BCUT2D eigenvalue weighted by Crippen LogP contribution is 2.26. The van der Waals surface area contributed by atoms with Crippen molar-refractivity contribution in [1.29, 1.82) is 0 Å². The summed E-state index contributed by atoms with van der Waals surface area (Å²) in [6.07, 6.45) is 8.30. The number of aliphatic hydroxyl groups excluding tert-OH is 1. The number of thioether (sulfide) groups is 1. The van der Waals surface area contributed by atoms with Gasteiger partial charge in [-0.2, -0.15) is 11.8 Å². The van der Waals surface area contributed by atoms with Gasteiger partial charge in [-0.15, -0.1) is 0 Å². The molecule has 3 atom stereocenters. The predicted molar refractivity (Wildman–Crippen MR) is 81.6 cm³/mol. The van der Waals surface area contributed by atoms with Crippen molar-refractivity contribution in [3.05, 3.63) is 0 Å². The van der Waals surface area contributed by atoms with Gasteiger partial charge < -0.3 is 15.7 Å². The summed E-state index contributed by atoms with van der Waals surface area (Å²) >= 11 is 1.57. The van der Waals surface area contributed by atoms with E-state index in [4.69, 9.17) is 0 Å². The molecular formula is C14H28N2O2S. The second kappa shape index (κ2) is 8.69. The molecule has 3 unspecified atom stereocenters. The molecule has 3 N–H and O–H groups in total. The number of rotatable bonds is 6. The first-order valence-corrected chi connectivity index (χ1v) is 8.58. The van der Waals surface area contributed by atoms with E-state index in [0.717, 1.165) is 0 Å². The molecule has 1 aliphatic rings. The van der Waals surface area contributed by atoms with Gasteiger partial charge in [-0.1, -0.05) is 19.3 Å². The summed E-state index contributed by atoms with van der Waals surface area (Å²) in [5, 5.41) is 15.2. The molecule has 0 aromatic rings. The van der Waals surface area contributed by atoms with Crippen LogP contribution in [0.1, 0.15) is 46.0 Å². The van der Waals surface area contributed by atoms with Crippen molar-refractivity contribution >= 4 is 17.8 Å². The van der Waals surface area contributed by atoms with E-state index in [2.05, 4.69) is 17.6 Å². The maximum atomic E-state index is 11.9. The topological polar surface area (TPSA) is 61.4 Å². The van der Waals surface area contributed by atoms with Crippen LogP contribution in [0.4, 0.5) is 4.79 Å². The molecule has 2 amide bonds. The molecular weight excluding hydrogens is 260 g/mol. The van der Waals surface area contributed by atoms with E-state index in [9.17, 15) is 9.90 Å². The van der Waals surface area contributed by atoms with Gasteiger partial charge in [0, 0.05) is 17.3 Å². The van der Waals surface area contributed by atoms with Crippen LogP contribution in [-0.4, -0.2) is 41.3 Å². The number of carbonyl (C=O) groups is 1. The van der Waals surface area contributed by atoms with Gasteiger partial charge in [0.05, 0.1) is 6.61 Å². The lowest BCUT2D eigenvalue weighted by molar-refractivity contribution is 0.218. The van der Waals surface area contributed by atoms with Gasteiger partial charge in [-0.25, -0.2) is 4.79 Å². The zero-order chi connectivity index (χ0) is 14.3. The molecule has 112 valence electrons. The molecule has 0 aliphatic heterocycles. The highest BCUT2D eigenvalue weighted by atomic mass is 32.2. The first-order chi connectivity index (χ1) is 9.08. The Labute approximate surface area is 121 Å². The van der Waals surface area contributed by atoms with Gasteiger partial charge in [-0.3, -0.25) is 0 Å². The summed E-state index contributed by atoms with van der Waals surface area (Å²) in [5.74, 6) is 0.615. The zero-order valence-corrected chi connectivity index (χ0v) is 13.1. The van der Waals surface area contributed by atoms with Crippen LogP contribution in [0.25, 0.3) is 0 Å². The highest BCUT2D eigenvalue weighted by Gasteiger charge is 2.23. The normalized spacial score (nSPS) is 21.5. The summed E-state index contributed by atoms with van der Waals surface area (Å²) in [7, 11) is 0. The Balaban J connectivity index is 2.33. The summed E-state index contributed by atoms with van der Waals surface area (Å²) < 4.78 is 0. The van der Waals surface area contributed by atoms with Crippen LogP contribution >= 0.6 is 11.8 Å². The minimum atomic E-state index is -0.113. The molecule has 19 heavy (non-hydrogen) atoms. The molecule has 4 nitrogen and oxygen atoms in total. The van der Waals surface area contributed by atoms with Gasteiger partial charge in [0.15, 0.2) is 0 Å². The van der Waals surface area contributed by atoms with Crippen LogP contribution in [0.5, 0.6) is 0 Å². The molecule has 0 aromatic carbocycles. The van der Waals surface area contributed by atoms with E-state index in [1.807, 2.05) is 13.2 Å². The van der Waals surface area contributed by atoms with Crippen molar-refractivity contribution < 1.29 is 9.90 Å². The average molecular weight is 288 g/mol. The molecule has 0 spiro atoms. The van der Waals surface area contributed by atoms with Crippen molar-refractivity contribution in [2.45, 2.75) is 63.3 Å². The van der Waals surface area contributed by atoms with Gasteiger partial charge in [0.25, 0.3) is 0 Å². The Kier molecular flexibility index (Phi) is 7.61. The monoisotopic (exact) mass is 288 g/mol. The fourth-order valence-electron chi connectivity index (χ4n) is 2.74. The van der Waals surface area contributed by atoms with Crippen LogP contribution in [0.15, 0.2) is 0 Å². The van der Waals surface area contributed by atoms with E-state index in [1.165, 1.54) is 32.1 Å². The first kappa shape index (κ1) is 16.6. The molecule has 1 fully saturated rings. The average Bonchev–Trinajstić information content (AvgIpc) is 2.40. The van der Waals surface area contributed by atoms with E-state index >= 15 is 0 Å². The lowest BCUT2D eigenvalue weighted by atomic mass is 9.85. The minimum absolute atomic E-state index is 0.0291. The van der Waals surface area contributed by atoms with Crippen molar-refractivity contribution in [3.63, 3.8) is 0 Å². The molecule has 0 bridgehead atoms. The first-order valence-electron chi connectivity index (χ1n) is 7.29. The van der Waals surface area contributed by atoms with Crippen molar-refractivity contribution in [3.8, 4) is 0 Å². The summed E-state index contributed by atoms with van der Waals surface area (Å²) in [5.41, 5.74) is 0. The molecule has 1 aliphatic carbocycles. The standard InChI is InChI=1S/C14H28N2O2S/c1-10(12-7-5-4-6-8-12)15-14(18)16-11(2)13(9-17)19-3/h10-13,17H,4-9H2,1-3H3,(H2,15,16,18). The lowest BCUT2D eigenvalue weighted by Crippen LogP contribution is -2.50. The van der Waals surface area contributed by atoms with E-state index in [1.54, 1.807) is 11.8 Å². The third-order valence-corrected chi connectivity index (χ3v) is 5.28. The number of amides is 2. The molecule has 5 heteroatoms. The van der Waals surface area contributed by atoms with Crippen LogP contribution in [-0.2, 0) is 0 Å². The number of hydrogen-bond acceptors (Lipinski definition) is 3. The van der Waals surface area contributed by atoms with Crippen molar-refractivity contribution in [1.82, 2.24) is 10.6 Å². The van der Waals surface area contributed by atoms with E-state index in [-0.39, 0.29) is 30.0 Å². The van der Waals surface area contributed by atoms with Gasteiger partial charge in [0.1, 0.15) is 0 Å². The molecule has 0 heterocycles. The zero-order valence-electron chi connectivity index (χ0n) is 12.3. The molecule has 1 saturated carbocycles. The SMILES string of the molecule is CSC(CO)C(C)NC(=O)NC(C)C1CCCCC1. The Morgan fingerprint density at radius 3 is 2.42 bits per heavy atom. The predicted octanol–water partition coefficient (Wildman–Crippen LogP) is 2.37. The Bertz CT molecular complexity index is 266. The molecule has 0 radical (unpaired) electrons. The van der Waals surface area contributed by atoms with Crippen LogP contribution in [0.3, 0.4) is 0 Å². The van der Waals surface area contributed by atoms with Gasteiger partial charge >= 0.3 is 6.03 Å². The third kappa shape index (κ3) is 5.61. The third-order valence-electron chi connectivity index (χ3n) is 4.11. The summed E-state index contributed by atoms with van der Waals surface area (Å²) in [4.78, 5) is 11.9.